The number of hydrogen-bond acceptors (Lipinski definition) is 3. The largest absolute Gasteiger partial charge is 0.478 e. The smallest absolute Gasteiger partial charge is 0.347 e. The van der Waals surface area contributed by atoms with Crippen molar-refractivity contribution in [3.05, 3.63) is 28.8 Å². The van der Waals surface area contributed by atoms with Gasteiger partial charge in [-0.2, -0.15) is 0 Å². The molecular weight excluding hydrogens is 252 g/mol. The van der Waals surface area contributed by atoms with Crippen LogP contribution in [-0.4, -0.2) is 19.2 Å². The number of hydrogen-bond donors (Lipinski definition) is 0. The third-order valence-corrected chi connectivity index (χ3v) is 3.51. The Morgan fingerprint density at radius 1 is 1.50 bits per heavy atom. The summed E-state index contributed by atoms with van der Waals surface area (Å²) in [7, 11) is 1.39. The molecule has 4 heteroatoms. The minimum atomic E-state index is -0.485. The third kappa shape index (κ3) is 2.96. The molecule has 0 aromatic heterocycles. The second kappa shape index (κ2) is 5.61. The second-order valence-electron chi connectivity index (χ2n) is 4.51. The van der Waals surface area contributed by atoms with Gasteiger partial charge >= 0.3 is 5.97 Å². The van der Waals surface area contributed by atoms with Gasteiger partial charge in [-0.15, -0.1) is 0 Å². The fraction of sp³-hybridized carbons (Fsp3) is 0.500. The van der Waals surface area contributed by atoms with Crippen molar-refractivity contribution in [3.63, 3.8) is 0 Å². The van der Waals surface area contributed by atoms with Crippen LogP contribution in [0.2, 0.25) is 5.02 Å². The Morgan fingerprint density at radius 3 is 2.78 bits per heavy atom. The van der Waals surface area contributed by atoms with Crippen LogP contribution in [0.3, 0.4) is 0 Å². The molecule has 0 bridgehead atoms. The van der Waals surface area contributed by atoms with E-state index in [-0.39, 0.29) is 5.97 Å². The maximum Gasteiger partial charge on any atom is 0.347 e. The minimum absolute atomic E-state index is 0.290. The van der Waals surface area contributed by atoms with E-state index in [4.69, 9.17) is 21.1 Å². The quantitative estimate of drug-likeness (QED) is 0.769. The van der Waals surface area contributed by atoms with Crippen LogP contribution in [0.25, 0.3) is 0 Å². The Balaban J connectivity index is 2.13. The predicted molar refractivity (Wildman–Crippen MR) is 70.0 cm³/mol. The lowest BCUT2D eigenvalue weighted by Crippen LogP contribution is -2.30. The molecule has 0 spiro atoms. The standard InChI is InChI=1S/C14H17ClO3/c1-3-9-8-11(6-7-12(9)15)18-13(10-4-5-10)14(16)17-2/h6-8,10,13H,3-5H2,1-2H3. The van der Waals surface area contributed by atoms with Gasteiger partial charge in [0.05, 0.1) is 7.11 Å². The average Bonchev–Trinajstić information content (AvgIpc) is 3.21. The van der Waals surface area contributed by atoms with Crippen LogP contribution in [0.4, 0.5) is 0 Å². The maximum atomic E-state index is 11.6. The van der Waals surface area contributed by atoms with E-state index >= 15 is 0 Å². The number of carbonyl (C=O) groups is 1. The summed E-state index contributed by atoms with van der Waals surface area (Å²) in [6, 6.07) is 5.48. The Morgan fingerprint density at radius 2 is 2.22 bits per heavy atom. The van der Waals surface area contributed by atoms with Gasteiger partial charge in [-0.1, -0.05) is 18.5 Å². The monoisotopic (exact) mass is 268 g/mol. The van der Waals surface area contributed by atoms with Crippen molar-refractivity contribution in [1.29, 1.82) is 0 Å². The summed E-state index contributed by atoms with van der Waals surface area (Å²) in [6.45, 7) is 2.03. The lowest BCUT2D eigenvalue weighted by Gasteiger charge is -2.17. The predicted octanol–water partition coefficient (Wildman–Crippen LogP) is 3.23. The first-order chi connectivity index (χ1) is 8.65. The van der Waals surface area contributed by atoms with Crippen LogP contribution >= 0.6 is 11.6 Å². The van der Waals surface area contributed by atoms with Gasteiger partial charge in [0.1, 0.15) is 5.75 Å². The Hall–Kier alpha value is -1.22. The first-order valence-corrected chi connectivity index (χ1v) is 6.56. The van der Waals surface area contributed by atoms with Crippen LogP contribution < -0.4 is 4.74 Å². The van der Waals surface area contributed by atoms with Crippen LogP contribution in [-0.2, 0) is 16.0 Å². The highest BCUT2D eigenvalue weighted by molar-refractivity contribution is 6.31. The van der Waals surface area contributed by atoms with Gasteiger partial charge in [0.25, 0.3) is 0 Å². The zero-order valence-corrected chi connectivity index (χ0v) is 11.4. The molecule has 3 nitrogen and oxygen atoms in total. The zero-order valence-electron chi connectivity index (χ0n) is 10.6. The van der Waals surface area contributed by atoms with E-state index < -0.39 is 6.10 Å². The fourth-order valence-corrected chi connectivity index (χ4v) is 2.15. The molecule has 1 aliphatic carbocycles. The summed E-state index contributed by atoms with van der Waals surface area (Å²) < 4.78 is 10.5. The topological polar surface area (TPSA) is 35.5 Å². The van der Waals surface area contributed by atoms with E-state index in [2.05, 4.69) is 0 Å². The van der Waals surface area contributed by atoms with Crippen LogP contribution in [0.15, 0.2) is 18.2 Å². The molecule has 18 heavy (non-hydrogen) atoms. The van der Waals surface area contributed by atoms with Crippen molar-refractivity contribution in [3.8, 4) is 5.75 Å². The zero-order chi connectivity index (χ0) is 13.1. The molecule has 0 radical (unpaired) electrons. The maximum absolute atomic E-state index is 11.6. The highest BCUT2D eigenvalue weighted by Gasteiger charge is 2.39. The van der Waals surface area contributed by atoms with Crippen molar-refractivity contribution in [2.45, 2.75) is 32.3 Å². The molecule has 0 heterocycles. The van der Waals surface area contributed by atoms with E-state index in [1.807, 2.05) is 13.0 Å². The van der Waals surface area contributed by atoms with Crippen molar-refractivity contribution in [1.82, 2.24) is 0 Å². The summed E-state index contributed by atoms with van der Waals surface area (Å²) in [5.74, 6) is 0.669. The Kier molecular flexibility index (Phi) is 4.12. The Labute approximate surface area is 112 Å². The Bertz CT molecular complexity index is 441. The number of halogens is 1. The molecule has 0 aliphatic heterocycles. The van der Waals surface area contributed by atoms with E-state index in [9.17, 15) is 4.79 Å². The molecule has 1 saturated carbocycles. The number of rotatable bonds is 5. The number of carbonyl (C=O) groups excluding carboxylic acids is 1. The molecule has 1 aromatic rings. The molecule has 1 unspecified atom stereocenters. The molecular formula is C14H17ClO3. The molecule has 1 aliphatic rings. The number of esters is 1. The van der Waals surface area contributed by atoms with E-state index in [1.54, 1.807) is 12.1 Å². The SMILES string of the molecule is CCc1cc(OC(C(=O)OC)C2CC2)ccc1Cl. The van der Waals surface area contributed by atoms with Gasteiger partial charge in [-0.25, -0.2) is 4.79 Å². The highest BCUT2D eigenvalue weighted by Crippen LogP contribution is 2.36. The van der Waals surface area contributed by atoms with Crippen LogP contribution in [0.1, 0.15) is 25.3 Å². The number of ether oxygens (including phenoxy) is 2. The van der Waals surface area contributed by atoms with Crippen molar-refractivity contribution in [2.75, 3.05) is 7.11 Å². The average molecular weight is 269 g/mol. The first kappa shape index (κ1) is 13.2. The molecule has 98 valence electrons. The molecule has 0 N–H and O–H groups in total. The van der Waals surface area contributed by atoms with Crippen molar-refractivity contribution >= 4 is 17.6 Å². The van der Waals surface area contributed by atoms with E-state index in [0.717, 1.165) is 29.8 Å². The van der Waals surface area contributed by atoms with Gasteiger partial charge in [0, 0.05) is 10.9 Å². The molecule has 1 fully saturated rings. The summed E-state index contributed by atoms with van der Waals surface area (Å²) in [4.78, 5) is 11.6. The summed E-state index contributed by atoms with van der Waals surface area (Å²) in [6.07, 6.45) is 2.39. The number of benzene rings is 1. The molecule has 0 saturated heterocycles. The third-order valence-electron chi connectivity index (χ3n) is 3.14. The second-order valence-corrected chi connectivity index (χ2v) is 4.91. The summed E-state index contributed by atoms with van der Waals surface area (Å²) in [5.41, 5.74) is 1.02. The number of methoxy groups -OCH3 is 1. The molecule has 1 aromatic carbocycles. The van der Waals surface area contributed by atoms with Crippen molar-refractivity contribution < 1.29 is 14.3 Å². The normalized spacial score (nSPS) is 16.2. The number of aryl methyl sites for hydroxylation is 1. The van der Waals surface area contributed by atoms with Gasteiger partial charge in [-0.3, -0.25) is 0 Å². The van der Waals surface area contributed by atoms with Gasteiger partial charge in [0.15, 0.2) is 6.10 Å². The van der Waals surface area contributed by atoms with Crippen LogP contribution in [0, 0.1) is 5.92 Å². The van der Waals surface area contributed by atoms with Gasteiger partial charge in [0.2, 0.25) is 0 Å². The molecule has 1 atom stereocenters. The lowest BCUT2D eigenvalue weighted by atomic mass is 10.1. The molecule has 2 rings (SSSR count). The van der Waals surface area contributed by atoms with E-state index in [1.165, 1.54) is 7.11 Å². The van der Waals surface area contributed by atoms with Crippen molar-refractivity contribution in [2.24, 2.45) is 5.92 Å². The molecule has 0 amide bonds. The fourth-order valence-electron chi connectivity index (χ4n) is 1.89. The van der Waals surface area contributed by atoms with Gasteiger partial charge < -0.3 is 9.47 Å². The van der Waals surface area contributed by atoms with Crippen LogP contribution in [0.5, 0.6) is 5.75 Å². The minimum Gasteiger partial charge on any atom is -0.478 e. The van der Waals surface area contributed by atoms with E-state index in [0.29, 0.717) is 11.7 Å². The summed E-state index contributed by atoms with van der Waals surface area (Å²) >= 11 is 6.05. The van der Waals surface area contributed by atoms with Gasteiger partial charge in [-0.05, 0) is 43.0 Å². The highest BCUT2D eigenvalue weighted by atomic mass is 35.5. The first-order valence-electron chi connectivity index (χ1n) is 6.18. The lowest BCUT2D eigenvalue weighted by molar-refractivity contribution is -0.149. The summed E-state index contributed by atoms with van der Waals surface area (Å²) in [5, 5.41) is 0.728.